The highest BCUT2D eigenvalue weighted by Crippen LogP contribution is 2.31. The molecule has 0 bridgehead atoms. The monoisotopic (exact) mass is 412 g/mol. The molecule has 0 radical (unpaired) electrons. The van der Waals surface area contributed by atoms with Crippen LogP contribution in [0.3, 0.4) is 0 Å². The van der Waals surface area contributed by atoms with E-state index in [0.717, 1.165) is 0 Å². The highest BCUT2D eigenvalue weighted by atomic mass is 32.2. The van der Waals surface area contributed by atoms with Crippen LogP contribution in [0.1, 0.15) is 37.7 Å². The molecule has 4 rings (SSSR count). The second-order valence-electron chi connectivity index (χ2n) is 7.99. The van der Waals surface area contributed by atoms with E-state index in [1.54, 1.807) is 58.2 Å². The Balaban J connectivity index is 1.79. The molecule has 2 aromatic heterocycles. The van der Waals surface area contributed by atoms with Crippen LogP contribution >= 0.6 is 0 Å². The molecule has 1 N–H and O–H groups in total. The minimum Gasteiger partial charge on any atom is -0.339 e. The summed E-state index contributed by atoms with van der Waals surface area (Å²) in [5, 5.41) is 3.86. The molecule has 1 aliphatic heterocycles. The van der Waals surface area contributed by atoms with E-state index < -0.39 is 20.4 Å². The Bertz CT molecular complexity index is 1280. The van der Waals surface area contributed by atoms with Crippen LogP contribution < -0.4 is 5.32 Å². The number of rotatable bonds is 2. The van der Waals surface area contributed by atoms with Gasteiger partial charge in [0.05, 0.1) is 38.8 Å². The van der Waals surface area contributed by atoms with Crippen molar-refractivity contribution in [3.8, 4) is 0 Å². The first-order chi connectivity index (χ1) is 13.6. The Morgan fingerprint density at radius 3 is 2.62 bits per heavy atom. The maximum atomic E-state index is 14.0. The third kappa shape index (κ3) is 3.27. The number of amidine groups is 1. The lowest BCUT2D eigenvalue weighted by molar-refractivity contribution is 0.560. The molecule has 29 heavy (non-hydrogen) atoms. The topological polar surface area (TPSA) is 84.3 Å². The van der Waals surface area contributed by atoms with Gasteiger partial charge in [0.1, 0.15) is 11.7 Å². The molecule has 0 spiro atoms. The summed E-state index contributed by atoms with van der Waals surface area (Å²) >= 11 is 0. The lowest BCUT2D eigenvalue weighted by atomic mass is 10.1. The summed E-state index contributed by atoms with van der Waals surface area (Å²) in [5.41, 5.74) is 2.95. The molecule has 0 unspecified atom stereocenters. The molecule has 0 saturated carbocycles. The zero-order valence-electron chi connectivity index (χ0n) is 16.6. The third-order valence-electron chi connectivity index (χ3n) is 4.95. The maximum absolute atomic E-state index is 14.0. The van der Waals surface area contributed by atoms with Gasteiger partial charge >= 0.3 is 0 Å². The first kappa shape index (κ1) is 19.4. The normalized spacial score (nSPS) is 14.0. The van der Waals surface area contributed by atoms with Crippen LogP contribution in [0.15, 0.2) is 46.4 Å². The van der Waals surface area contributed by atoms with E-state index in [1.807, 2.05) is 0 Å². The van der Waals surface area contributed by atoms with Crippen LogP contribution in [0.5, 0.6) is 0 Å². The van der Waals surface area contributed by atoms with Gasteiger partial charge in [0.25, 0.3) is 0 Å². The Morgan fingerprint density at radius 2 is 1.90 bits per heavy atom. The van der Waals surface area contributed by atoms with Crippen molar-refractivity contribution >= 4 is 32.3 Å². The number of hydrogen-bond acceptors (Lipinski definition) is 6. The summed E-state index contributed by atoms with van der Waals surface area (Å²) in [4.78, 5) is 13.2. The number of anilines is 1. The van der Waals surface area contributed by atoms with Crippen LogP contribution in [0.25, 0.3) is 10.9 Å². The fourth-order valence-electron chi connectivity index (χ4n) is 3.18. The van der Waals surface area contributed by atoms with Crippen LogP contribution in [-0.4, -0.2) is 29.0 Å². The van der Waals surface area contributed by atoms with Gasteiger partial charge in [-0.05, 0) is 58.0 Å². The quantitative estimate of drug-likeness (QED) is 0.687. The molecule has 1 aliphatic rings. The van der Waals surface area contributed by atoms with Gasteiger partial charge in [0.15, 0.2) is 9.84 Å². The van der Waals surface area contributed by atoms with Crippen LogP contribution in [-0.2, 0) is 16.4 Å². The van der Waals surface area contributed by atoms with E-state index in [4.69, 9.17) is 0 Å². The molecule has 0 fully saturated rings. The molecule has 1 aromatic carbocycles. The van der Waals surface area contributed by atoms with Gasteiger partial charge in [0, 0.05) is 17.1 Å². The smallest absolute Gasteiger partial charge is 0.183 e. The number of hydrogen-bond donors (Lipinski definition) is 1. The van der Waals surface area contributed by atoms with Crippen molar-refractivity contribution in [1.29, 1.82) is 0 Å². The predicted octanol–water partition coefficient (Wildman–Crippen LogP) is 4.02. The van der Waals surface area contributed by atoms with E-state index in [9.17, 15) is 12.8 Å². The van der Waals surface area contributed by atoms with E-state index in [-0.39, 0.29) is 4.90 Å². The van der Waals surface area contributed by atoms with Gasteiger partial charge in [-0.25, -0.2) is 12.8 Å². The predicted molar refractivity (Wildman–Crippen MR) is 111 cm³/mol. The van der Waals surface area contributed by atoms with E-state index >= 15 is 0 Å². The zero-order valence-corrected chi connectivity index (χ0v) is 17.4. The van der Waals surface area contributed by atoms with Crippen molar-refractivity contribution in [2.75, 3.05) is 5.32 Å². The standard InChI is InChI=1S/C21H21FN4O2S/c1-12-16(22)10-15-19(25-12)11-24-20(15)26-18-7-8-23-17-6-5-13(9-14(17)18)29(27,28)21(2,3)4/h5-10H,11H2,1-4H3,(H,23,24,26). The highest BCUT2D eigenvalue weighted by Gasteiger charge is 2.31. The second-order valence-corrected chi connectivity index (χ2v) is 10.7. The summed E-state index contributed by atoms with van der Waals surface area (Å²) in [6.07, 6.45) is 1.63. The van der Waals surface area contributed by atoms with Crippen LogP contribution in [0.2, 0.25) is 0 Å². The van der Waals surface area contributed by atoms with Gasteiger partial charge in [-0.3, -0.25) is 15.0 Å². The highest BCUT2D eigenvalue weighted by molar-refractivity contribution is 7.92. The van der Waals surface area contributed by atoms with Crippen molar-refractivity contribution in [2.45, 2.75) is 43.9 Å². The molecule has 8 heteroatoms. The fraction of sp³-hybridized carbons (Fsp3) is 0.286. The summed E-state index contributed by atoms with van der Waals surface area (Å²) in [6, 6.07) is 8.05. The molecule has 150 valence electrons. The lowest BCUT2D eigenvalue weighted by Crippen LogP contribution is -2.27. The third-order valence-corrected chi connectivity index (χ3v) is 7.44. The van der Waals surface area contributed by atoms with Gasteiger partial charge in [-0.2, -0.15) is 0 Å². The van der Waals surface area contributed by atoms with Crippen LogP contribution in [0.4, 0.5) is 10.1 Å². The van der Waals surface area contributed by atoms with Crippen molar-refractivity contribution in [3.63, 3.8) is 0 Å². The van der Waals surface area contributed by atoms with Gasteiger partial charge < -0.3 is 5.32 Å². The molecule has 3 heterocycles. The van der Waals surface area contributed by atoms with E-state index in [0.29, 0.717) is 45.9 Å². The number of aromatic nitrogens is 2. The Morgan fingerprint density at radius 1 is 1.14 bits per heavy atom. The largest absolute Gasteiger partial charge is 0.339 e. The minimum atomic E-state index is -3.52. The number of sulfone groups is 1. The summed E-state index contributed by atoms with van der Waals surface area (Å²) < 4.78 is 38.8. The van der Waals surface area contributed by atoms with E-state index in [2.05, 4.69) is 20.3 Å². The van der Waals surface area contributed by atoms with Crippen molar-refractivity contribution in [1.82, 2.24) is 9.97 Å². The SMILES string of the molecule is Cc1nc2c(cc1F)C(Nc1ccnc3ccc(S(=O)(=O)C(C)(C)C)cc13)=NC2. The van der Waals surface area contributed by atoms with Crippen molar-refractivity contribution < 1.29 is 12.8 Å². The molecule has 0 saturated heterocycles. The van der Waals surface area contributed by atoms with Crippen molar-refractivity contribution in [2.24, 2.45) is 4.99 Å². The number of aryl methyl sites for hydroxylation is 1. The van der Waals surface area contributed by atoms with Gasteiger partial charge in [-0.15, -0.1) is 0 Å². The van der Waals surface area contributed by atoms with Crippen LogP contribution in [0, 0.1) is 12.7 Å². The number of nitrogens with zero attached hydrogens (tertiary/aromatic N) is 3. The fourth-order valence-corrected chi connectivity index (χ4v) is 4.41. The summed E-state index contributed by atoms with van der Waals surface area (Å²) in [5.74, 6) is 0.112. The number of halogens is 1. The summed E-state index contributed by atoms with van der Waals surface area (Å²) in [6.45, 7) is 6.99. The van der Waals surface area contributed by atoms with E-state index in [1.165, 1.54) is 6.07 Å². The molecule has 0 aliphatic carbocycles. The first-order valence-electron chi connectivity index (χ1n) is 9.19. The summed E-state index contributed by atoms with van der Waals surface area (Å²) in [7, 11) is -3.52. The number of nitrogens with one attached hydrogen (secondary N) is 1. The molecule has 3 aromatic rings. The molecular formula is C21H21FN4O2S. The maximum Gasteiger partial charge on any atom is 0.183 e. The molecule has 0 atom stereocenters. The lowest BCUT2D eigenvalue weighted by Gasteiger charge is -2.20. The molecular weight excluding hydrogens is 391 g/mol. The minimum absolute atomic E-state index is 0.227. The number of aliphatic imine (C=N–C) groups is 1. The number of pyridine rings is 2. The molecule has 6 nitrogen and oxygen atoms in total. The Kier molecular flexibility index (Phi) is 4.42. The van der Waals surface area contributed by atoms with Gasteiger partial charge in [0.2, 0.25) is 0 Å². The average molecular weight is 412 g/mol. The Hall–Kier alpha value is -2.87. The van der Waals surface area contributed by atoms with Crippen molar-refractivity contribution in [3.05, 3.63) is 59.3 Å². The van der Waals surface area contributed by atoms with Gasteiger partial charge in [-0.1, -0.05) is 0 Å². The molecule has 0 amide bonds. The number of benzene rings is 1. The zero-order chi connectivity index (χ0) is 21.0. The second kappa shape index (κ2) is 6.59. The average Bonchev–Trinajstić information content (AvgIpc) is 3.02. The first-order valence-corrected chi connectivity index (χ1v) is 10.7. The Labute approximate surface area is 168 Å². The number of fused-ring (bicyclic) bond motifs is 2.